The van der Waals surface area contributed by atoms with E-state index in [1.54, 1.807) is 0 Å². The Morgan fingerprint density at radius 3 is 2.17 bits per heavy atom. The molecule has 2 nitrogen and oxygen atoms in total. The largest absolute Gasteiger partial charge is 0.426 e. The summed E-state index contributed by atoms with van der Waals surface area (Å²) in [5.41, 5.74) is 7.36. The first-order chi connectivity index (χ1) is 14.7. The lowest BCUT2D eigenvalue weighted by atomic mass is 9.53. The van der Waals surface area contributed by atoms with Gasteiger partial charge in [-0.25, -0.2) is 0 Å². The monoisotopic (exact) mass is 394 g/mol. The van der Waals surface area contributed by atoms with Crippen LogP contribution in [0.3, 0.4) is 0 Å². The molecule has 2 bridgehead atoms. The zero-order chi connectivity index (χ0) is 20.3. The second-order valence-electron chi connectivity index (χ2n) is 9.36. The third-order valence-corrected chi connectivity index (χ3v) is 7.65. The Morgan fingerprint density at radius 1 is 0.833 bits per heavy atom. The molecule has 4 aliphatic rings. The Bertz CT molecular complexity index is 1110. The predicted octanol–water partition coefficient (Wildman–Crippen LogP) is 6.16. The summed E-state index contributed by atoms with van der Waals surface area (Å²) >= 11 is 0. The van der Waals surface area contributed by atoms with Crippen molar-refractivity contribution in [1.82, 2.24) is 0 Å². The number of aryl methyl sites for hydroxylation is 1. The Hall–Kier alpha value is -2.87. The SMILES string of the molecule is CC1(C(=O)Oc2cccc3c2CCCC3)CC2c3ccccc3C1c1ccccc12. The van der Waals surface area contributed by atoms with E-state index in [1.165, 1.54) is 46.2 Å². The zero-order valence-corrected chi connectivity index (χ0v) is 17.4. The number of benzene rings is 3. The molecule has 150 valence electrons. The van der Waals surface area contributed by atoms with Gasteiger partial charge in [0.15, 0.2) is 0 Å². The van der Waals surface area contributed by atoms with E-state index in [0.29, 0.717) is 0 Å². The lowest BCUT2D eigenvalue weighted by Crippen LogP contribution is -2.46. The van der Waals surface area contributed by atoms with Crippen LogP contribution in [-0.4, -0.2) is 5.97 Å². The molecule has 3 aromatic rings. The van der Waals surface area contributed by atoms with Crippen molar-refractivity contribution in [2.75, 3.05) is 0 Å². The molecule has 0 amide bonds. The number of hydrogen-bond acceptors (Lipinski definition) is 2. The second-order valence-corrected chi connectivity index (χ2v) is 9.36. The lowest BCUT2D eigenvalue weighted by Gasteiger charge is -2.50. The summed E-state index contributed by atoms with van der Waals surface area (Å²) in [5, 5.41) is 0. The number of hydrogen-bond donors (Lipinski definition) is 0. The van der Waals surface area contributed by atoms with Gasteiger partial charge in [0.2, 0.25) is 0 Å². The van der Waals surface area contributed by atoms with Crippen LogP contribution in [0.2, 0.25) is 0 Å². The molecule has 7 rings (SSSR count). The predicted molar refractivity (Wildman–Crippen MR) is 118 cm³/mol. The molecule has 0 fully saturated rings. The third-order valence-electron chi connectivity index (χ3n) is 7.65. The third kappa shape index (κ3) is 2.46. The Labute approximate surface area is 177 Å². The van der Waals surface area contributed by atoms with Crippen molar-refractivity contribution in [3.63, 3.8) is 0 Å². The average Bonchev–Trinajstić information content (AvgIpc) is 2.79. The second kappa shape index (κ2) is 6.57. The van der Waals surface area contributed by atoms with E-state index < -0.39 is 5.41 Å². The number of ether oxygens (including phenoxy) is 1. The van der Waals surface area contributed by atoms with Gasteiger partial charge in [0.1, 0.15) is 5.75 Å². The van der Waals surface area contributed by atoms with Crippen LogP contribution < -0.4 is 4.74 Å². The van der Waals surface area contributed by atoms with Crippen LogP contribution in [0.4, 0.5) is 0 Å². The molecule has 2 heteroatoms. The highest BCUT2D eigenvalue weighted by Gasteiger charge is 2.55. The molecule has 1 unspecified atom stereocenters. The summed E-state index contributed by atoms with van der Waals surface area (Å²) in [6.45, 7) is 2.12. The first kappa shape index (κ1) is 17.9. The molecular formula is C28H26O2. The number of fused-ring (bicyclic) bond motifs is 2. The van der Waals surface area contributed by atoms with E-state index >= 15 is 0 Å². The van der Waals surface area contributed by atoms with Crippen molar-refractivity contribution in [3.8, 4) is 5.75 Å². The quantitative estimate of drug-likeness (QED) is 0.384. The van der Waals surface area contributed by atoms with Crippen LogP contribution in [-0.2, 0) is 17.6 Å². The summed E-state index contributed by atoms with van der Waals surface area (Å²) in [6.07, 6.45) is 5.29. The fraction of sp³-hybridized carbons (Fsp3) is 0.321. The van der Waals surface area contributed by atoms with E-state index in [-0.39, 0.29) is 17.8 Å². The fourth-order valence-electron chi connectivity index (χ4n) is 6.23. The van der Waals surface area contributed by atoms with E-state index in [2.05, 4.69) is 61.5 Å². The first-order valence-corrected chi connectivity index (χ1v) is 11.2. The summed E-state index contributed by atoms with van der Waals surface area (Å²) in [4.78, 5) is 13.8. The van der Waals surface area contributed by atoms with Gasteiger partial charge in [0.05, 0.1) is 5.41 Å². The van der Waals surface area contributed by atoms with Crippen molar-refractivity contribution in [2.45, 2.75) is 50.9 Å². The normalized spacial score (nSPS) is 25.8. The van der Waals surface area contributed by atoms with Crippen molar-refractivity contribution in [3.05, 3.63) is 100 Å². The molecule has 0 N–H and O–H groups in total. The molecule has 1 atom stereocenters. The minimum absolute atomic E-state index is 0.0435. The molecule has 3 aromatic carbocycles. The molecule has 4 aliphatic carbocycles. The van der Waals surface area contributed by atoms with Gasteiger partial charge in [0.25, 0.3) is 0 Å². The summed E-state index contributed by atoms with van der Waals surface area (Å²) in [7, 11) is 0. The first-order valence-electron chi connectivity index (χ1n) is 11.2. The van der Waals surface area contributed by atoms with Crippen molar-refractivity contribution < 1.29 is 9.53 Å². The standard InChI is InChI=1S/C28H26O2/c1-28(27(29)30-25-16-8-10-18-9-2-3-11-19(18)25)17-24-20-12-4-6-14-22(20)26(28)23-15-7-5-13-21(23)24/h4-8,10,12-16,24,26H,2-3,9,11,17H2,1H3. The average molecular weight is 395 g/mol. The molecule has 30 heavy (non-hydrogen) atoms. The van der Waals surface area contributed by atoms with E-state index in [9.17, 15) is 4.79 Å². The van der Waals surface area contributed by atoms with E-state index in [1.807, 2.05) is 12.1 Å². The smallest absolute Gasteiger partial charge is 0.318 e. The topological polar surface area (TPSA) is 26.3 Å². The highest BCUT2D eigenvalue weighted by Crippen LogP contribution is 2.61. The van der Waals surface area contributed by atoms with Gasteiger partial charge < -0.3 is 4.74 Å². The maximum absolute atomic E-state index is 13.8. The summed E-state index contributed by atoms with van der Waals surface area (Å²) in [6, 6.07) is 23.5. The van der Waals surface area contributed by atoms with Gasteiger partial charge in [-0.3, -0.25) is 4.79 Å². The molecule has 0 aliphatic heterocycles. The highest BCUT2D eigenvalue weighted by atomic mass is 16.5. The van der Waals surface area contributed by atoms with Crippen LogP contribution in [0.25, 0.3) is 0 Å². The van der Waals surface area contributed by atoms with Crippen LogP contribution in [0.1, 0.15) is 71.4 Å². The number of esters is 1. The van der Waals surface area contributed by atoms with Gasteiger partial charge in [-0.05, 0) is 78.5 Å². The fourth-order valence-corrected chi connectivity index (χ4v) is 6.23. The minimum Gasteiger partial charge on any atom is -0.426 e. The van der Waals surface area contributed by atoms with Crippen molar-refractivity contribution >= 4 is 5.97 Å². The van der Waals surface area contributed by atoms with Crippen molar-refractivity contribution in [2.24, 2.45) is 5.41 Å². The molecular weight excluding hydrogens is 368 g/mol. The van der Waals surface area contributed by atoms with E-state index in [0.717, 1.165) is 25.0 Å². The van der Waals surface area contributed by atoms with Crippen LogP contribution in [0.15, 0.2) is 66.7 Å². The zero-order valence-electron chi connectivity index (χ0n) is 17.4. The molecule has 0 radical (unpaired) electrons. The minimum atomic E-state index is -0.565. The Kier molecular flexibility index (Phi) is 3.93. The molecule has 0 saturated heterocycles. The van der Waals surface area contributed by atoms with Crippen LogP contribution in [0, 0.1) is 5.41 Å². The van der Waals surface area contributed by atoms with Crippen LogP contribution in [0.5, 0.6) is 5.75 Å². The van der Waals surface area contributed by atoms with Gasteiger partial charge in [-0.15, -0.1) is 0 Å². The number of carbonyl (C=O) groups is 1. The summed E-state index contributed by atoms with van der Waals surface area (Å²) < 4.78 is 6.20. The van der Waals surface area contributed by atoms with Gasteiger partial charge in [-0.1, -0.05) is 60.7 Å². The van der Waals surface area contributed by atoms with E-state index in [4.69, 9.17) is 4.74 Å². The Balaban J connectivity index is 1.43. The number of rotatable bonds is 2. The molecule has 0 spiro atoms. The van der Waals surface area contributed by atoms with Gasteiger partial charge in [-0.2, -0.15) is 0 Å². The Morgan fingerprint density at radius 2 is 1.47 bits per heavy atom. The van der Waals surface area contributed by atoms with Gasteiger partial charge >= 0.3 is 5.97 Å². The maximum atomic E-state index is 13.8. The molecule has 0 saturated carbocycles. The lowest BCUT2D eigenvalue weighted by molar-refractivity contribution is -0.147. The highest BCUT2D eigenvalue weighted by molar-refractivity contribution is 5.83. The molecule has 0 aromatic heterocycles. The maximum Gasteiger partial charge on any atom is 0.318 e. The molecule has 0 heterocycles. The number of carbonyl (C=O) groups excluding carboxylic acids is 1. The van der Waals surface area contributed by atoms with Gasteiger partial charge in [0, 0.05) is 11.8 Å². The van der Waals surface area contributed by atoms with Crippen LogP contribution >= 0.6 is 0 Å². The van der Waals surface area contributed by atoms with Crippen molar-refractivity contribution in [1.29, 1.82) is 0 Å². The summed E-state index contributed by atoms with van der Waals surface area (Å²) in [5.74, 6) is 0.994.